The lowest BCUT2D eigenvalue weighted by atomic mass is 10.1. The fourth-order valence-corrected chi connectivity index (χ4v) is 2.02. The molecule has 16 heavy (non-hydrogen) atoms. The van der Waals surface area contributed by atoms with Crippen LogP contribution >= 0.6 is 0 Å². The van der Waals surface area contributed by atoms with Crippen molar-refractivity contribution >= 4 is 5.78 Å². The Kier molecular flexibility index (Phi) is 3.70. The Balaban J connectivity index is 2.04. The van der Waals surface area contributed by atoms with Crippen molar-refractivity contribution in [3.63, 3.8) is 0 Å². The molecular weight excluding hydrogens is 202 g/mol. The Morgan fingerprint density at radius 3 is 2.88 bits per heavy atom. The van der Waals surface area contributed by atoms with Crippen LogP contribution in [0.2, 0.25) is 0 Å². The molecule has 0 spiro atoms. The van der Waals surface area contributed by atoms with Crippen LogP contribution in [0.15, 0.2) is 30.3 Å². The van der Waals surface area contributed by atoms with Crippen LogP contribution in [0.5, 0.6) is 0 Å². The molecule has 1 aromatic rings. The highest BCUT2D eigenvalue weighted by Gasteiger charge is 2.26. The molecule has 0 aliphatic carbocycles. The molecule has 2 rings (SSSR count). The quantitative estimate of drug-likeness (QED) is 0.771. The van der Waals surface area contributed by atoms with Gasteiger partial charge in [-0.2, -0.15) is 0 Å². The predicted molar refractivity (Wildman–Crippen MR) is 62.1 cm³/mol. The first-order chi connectivity index (χ1) is 7.77. The molecule has 0 N–H and O–H groups in total. The van der Waals surface area contributed by atoms with Crippen LogP contribution in [0.25, 0.3) is 0 Å². The number of morpholine rings is 1. The lowest BCUT2D eigenvalue weighted by molar-refractivity contribution is -0.128. The first-order valence-electron chi connectivity index (χ1n) is 5.63. The highest BCUT2D eigenvalue weighted by atomic mass is 16.5. The van der Waals surface area contributed by atoms with E-state index in [0.29, 0.717) is 6.61 Å². The molecule has 0 aromatic heterocycles. The minimum absolute atomic E-state index is 0.0750. The fourth-order valence-electron chi connectivity index (χ4n) is 2.02. The summed E-state index contributed by atoms with van der Waals surface area (Å²) >= 11 is 0. The molecule has 1 saturated heterocycles. The van der Waals surface area contributed by atoms with Crippen molar-refractivity contribution in [2.24, 2.45) is 0 Å². The van der Waals surface area contributed by atoms with Crippen LogP contribution < -0.4 is 0 Å². The smallest absolute Gasteiger partial charge is 0.149 e. The van der Waals surface area contributed by atoms with E-state index in [9.17, 15) is 4.79 Å². The van der Waals surface area contributed by atoms with Crippen LogP contribution in [0, 0.1) is 0 Å². The Labute approximate surface area is 96.0 Å². The van der Waals surface area contributed by atoms with E-state index in [1.165, 1.54) is 5.56 Å². The SMILES string of the molecule is CC(=O)C1COCCN1Cc1ccccc1. The summed E-state index contributed by atoms with van der Waals surface area (Å²) in [7, 11) is 0. The van der Waals surface area contributed by atoms with E-state index in [-0.39, 0.29) is 11.8 Å². The van der Waals surface area contributed by atoms with Crippen molar-refractivity contribution in [2.75, 3.05) is 19.8 Å². The summed E-state index contributed by atoms with van der Waals surface area (Å²) in [6.45, 7) is 4.55. The van der Waals surface area contributed by atoms with Crippen LogP contribution in [-0.2, 0) is 16.1 Å². The molecule has 1 fully saturated rings. The van der Waals surface area contributed by atoms with Gasteiger partial charge in [-0.15, -0.1) is 0 Å². The molecule has 86 valence electrons. The highest BCUT2D eigenvalue weighted by Crippen LogP contribution is 2.12. The zero-order chi connectivity index (χ0) is 11.4. The van der Waals surface area contributed by atoms with Crippen molar-refractivity contribution in [1.29, 1.82) is 0 Å². The minimum atomic E-state index is -0.0750. The number of rotatable bonds is 3. The van der Waals surface area contributed by atoms with Crippen molar-refractivity contribution in [3.8, 4) is 0 Å². The third-order valence-electron chi connectivity index (χ3n) is 2.94. The lowest BCUT2D eigenvalue weighted by Crippen LogP contribution is -2.48. The van der Waals surface area contributed by atoms with Crippen LogP contribution in [0.4, 0.5) is 0 Å². The van der Waals surface area contributed by atoms with Gasteiger partial charge in [0.1, 0.15) is 5.78 Å². The Morgan fingerprint density at radius 2 is 2.19 bits per heavy atom. The van der Waals surface area contributed by atoms with Gasteiger partial charge in [-0.1, -0.05) is 30.3 Å². The molecule has 3 heteroatoms. The van der Waals surface area contributed by atoms with Crippen LogP contribution in [0.3, 0.4) is 0 Å². The van der Waals surface area contributed by atoms with E-state index >= 15 is 0 Å². The van der Waals surface area contributed by atoms with Crippen molar-refractivity contribution in [3.05, 3.63) is 35.9 Å². The number of hydrogen-bond acceptors (Lipinski definition) is 3. The zero-order valence-electron chi connectivity index (χ0n) is 9.56. The molecule has 1 atom stereocenters. The maximum absolute atomic E-state index is 11.5. The van der Waals surface area contributed by atoms with Gasteiger partial charge >= 0.3 is 0 Å². The van der Waals surface area contributed by atoms with Gasteiger partial charge in [-0.25, -0.2) is 0 Å². The standard InChI is InChI=1S/C13H17NO2/c1-11(15)13-10-16-8-7-14(13)9-12-5-3-2-4-6-12/h2-6,13H,7-10H2,1H3. The second-order valence-electron chi connectivity index (χ2n) is 4.16. The third kappa shape index (κ3) is 2.68. The van der Waals surface area contributed by atoms with Gasteiger partial charge < -0.3 is 4.74 Å². The van der Waals surface area contributed by atoms with Gasteiger partial charge in [0.25, 0.3) is 0 Å². The summed E-state index contributed by atoms with van der Waals surface area (Å²) in [5, 5.41) is 0. The van der Waals surface area contributed by atoms with Crippen molar-refractivity contribution < 1.29 is 9.53 Å². The lowest BCUT2D eigenvalue weighted by Gasteiger charge is -2.33. The van der Waals surface area contributed by atoms with Gasteiger partial charge in [0.15, 0.2) is 0 Å². The number of hydrogen-bond donors (Lipinski definition) is 0. The molecule has 0 amide bonds. The first kappa shape index (κ1) is 11.3. The zero-order valence-corrected chi connectivity index (χ0v) is 9.56. The van der Waals surface area contributed by atoms with Gasteiger partial charge in [-0.3, -0.25) is 9.69 Å². The van der Waals surface area contributed by atoms with Crippen molar-refractivity contribution in [1.82, 2.24) is 4.90 Å². The van der Waals surface area contributed by atoms with E-state index in [2.05, 4.69) is 17.0 Å². The molecule has 0 bridgehead atoms. The normalized spacial score (nSPS) is 21.9. The fraction of sp³-hybridized carbons (Fsp3) is 0.462. The molecular formula is C13H17NO2. The van der Waals surface area contributed by atoms with Gasteiger partial charge in [0.2, 0.25) is 0 Å². The molecule has 3 nitrogen and oxygen atoms in total. The topological polar surface area (TPSA) is 29.5 Å². The minimum Gasteiger partial charge on any atom is -0.378 e. The maximum atomic E-state index is 11.5. The monoisotopic (exact) mass is 219 g/mol. The first-order valence-corrected chi connectivity index (χ1v) is 5.63. The van der Waals surface area contributed by atoms with Crippen LogP contribution in [-0.4, -0.2) is 36.5 Å². The average molecular weight is 219 g/mol. The Bertz CT molecular complexity index is 350. The van der Waals surface area contributed by atoms with Gasteiger partial charge in [0, 0.05) is 13.1 Å². The summed E-state index contributed by atoms with van der Waals surface area (Å²) in [6.07, 6.45) is 0. The van der Waals surface area contributed by atoms with Gasteiger partial charge in [-0.05, 0) is 12.5 Å². The third-order valence-corrected chi connectivity index (χ3v) is 2.94. The Morgan fingerprint density at radius 1 is 1.44 bits per heavy atom. The number of Topliss-reactive ketones (excluding diaryl/α,β-unsaturated/α-hetero) is 1. The summed E-state index contributed by atoms with van der Waals surface area (Å²) < 4.78 is 5.35. The van der Waals surface area contributed by atoms with Crippen molar-refractivity contribution in [2.45, 2.75) is 19.5 Å². The molecule has 1 unspecified atom stereocenters. The van der Waals surface area contributed by atoms with E-state index in [1.807, 2.05) is 18.2 Å². The van der Waals surface area contributed by atoms with Gasteiger partial charge in [0.05, 0.1) is 19.3 Å². The number of carbonyl (C=O) groups is 1. The number of carbonyl (C=O) groups excluding carboxylic acids is 1. The summed E-state index contributed by atoms with van der Waals surface area (Å²) in [5.41, 5.74) is 1.25. The van der Waals surface area contributed by atoms with Crippen LogP contribution in [0.1, 0.15) is 12.5 Å². The average Bonchev–Trinajstić information content (AvgIpc) is 2.31. The number of nitrogens with zero attached hydrogens (tertiary/aromatic N) is 1. The largest absolute Gasteiger partial charge is 0.378 e. The van der Waals surface area contributed by atoms with E-state index in [0.717, 1.165) is 19.7 Å². The highest BCUT2D eigenvalue weighted by molar-refractivity contribution is 5.81. The number of ketones is 1. The summed E-state index contributed by atoms with van der Waals surface area (Å²) in [4.78, 5) is 13.7. The Hall–Kier alpha value is -1.19. The molecule has 1 heterocycles. The molecule has 1 aliphatic rings. The van der Waals surface area contributed by atoms with E-state index in [1.54, 1.807) is 6.92 Å². The number of benzene rings is 1. The second-order valence-corrected chi connectivity index (χ2v) is 4.16. The maximum Gasteiger partial charge on any atom is 0.149 e. The summed E-state index contributed by atoms with van der Waals surface area (Å²) in [6, 6.07) is 10.2. The number of ether oxygens (including phenoxy) is 1. The van der Waals surface area contributed by atoms with E-state index in [4.69, 9.17) is 4.74 Å². The molecule has 0 saturated carbocycles. The molecule has 1 aliphatic heterocycles. The van der Waals surface area contributed by atoms with E-state index < -0.39 is 0 Å². The molecule has 0 radical (unpaired) electrons. The second kappa shape index (κ2) is 5.23. The molecule has 1 aromatic carbocycles. The summed E-state index contributed by atoms with van der Waals surface area (Å²) in [5.74, 6) is 0.190. The predicted octanol–water partition coefficient (Wildman–Crippen LogP) is 1.48.